The normalized spacial score (nSPS) is 17.2. The zero-order valence-corrected chi connectivity index (χ0v) is 39.5. The summed E-state index contributed by atoms with van der Waals surface area (Å²) in [5, 5.41) is 8.47. The van der Waals surface area contributed by atoms with Gasteiger partial charge in [0.25, 0.3) is 0 Å². The van der Waals surface area contributed by atoms with Crippen molar-refractivity contribution in [2.75, 3.05) is 5.32 Å². The SMILES string of the molecule is CC(C)(C)c1cc(P(c2cc(C(C)(C)C)cc(C(C)(C)C)c2)c2cccc3c2C2(CCc4cccc(NCc5cc(C(C)(C)C)ccn5)c42)CC3)cc(C(C)(C)C)c1. The second-order valence-corrected chi connectivity index (χ2v) is 24.9. The van der Waals surface area contributed by atoms with Crippen molar-refractivity contribution in [2.45, 2.75) is 169 Å². The molecule has 1 atom stereocenters. The average Bonchev–Trinajstić information content (AvgIpc) is 3.70. The third kappa shape index (κ3) is 8.22. The number of nitrogens with zero attached hydrogens (tertiary/aromatic N) is 1. The average molecular weight is 791 g/mol. The van der Waals surface area contributed by atoms with Gasteiger partial charge in [-0.05, 0) is 145 Å². The molecule has 1 N–H and O–H groups in total. The van der Waals surface area contributed by atoms with Crippen molar-refractivity contribution >= 4 is 29.5 Å². The smallest absolute Gasteiger partial charge is 0.0597 e. The molecule has 1 heterocycles. The van der Waals surface area contributed by atoms with Crippen LogP contribution in [0.2, 0.25) is 0 Å². The number of pyridine rings is 1. The Morgan fingerprint density at radius 3 is 1.43 bits per heavy atom. The Kier molecular flexibility index (Phi) is 10.8. The summed E-state index contributed by atoms with van der Waals surface area (Å²) in [7, 11) is -0.933. The highest BCUT2D eigenvalue weighted by atomic mass is 31.1. The van der Waals surface area contributed by atoms with Crippen LogP contribution in [0, 0.1) is 0 Å². The Morgan fingerprint density at radius 1 is 0.517 bits per heavy atom. The summed E-state index contributed by atoms with van der Waals surface area (Å²) >= 11 is 0. The molecule has 58 heavy (non-hydrogen) atoms. The number of benzene rings is 4. The van der Waals surface area contributed by atoms with Crippen molar-refractivity contribution in [3.05, 3.63) is 147 Å². The predicted octanol–water partition coefficient (Wildman–Crippen LogP) is 13.1. The van der Waals surface area contributed by atoms with E-state index >= 15 is 0 Å². The Labute approximate surface area is 353 Å². The molecule has 0 fully saturated rings. The fourth-order valence-electron chi connectivity index (χ4n) is 9.37. The molecule has 2 aliphatic rings. The summed E-state index contributed by atoms with van der Waals surface area (Å²) in [4.78, 5) is 4.83. The van der Waals surface area contributed by atoms with Crippen molar-refractivity contribution in [1.82, 2.24) is 4.98 Å². The van der Waals surface area contributed by atoms with Gasteiger partial charge in [0.15, 0.2) is 0 Å². The van der Waals surface area contributed by atoms with Gasteiger partial charge in [-0.25, -0.2) is 0 Å². The van der Waals surface area contributed by atoms with Crippen LogP contribution in [0.5, 0.6) is 0 Å². The number of hydrogen-bond donors (Lipinski definition) is 1. The number of nitrogens with one attached hydrogen (secondary N) is 1. The molecular formula is C55H71N2P. The van der Waals surface area contributed by atoms with Crippen LogP contribution in [0.4, 0.5) is 5.69 Å². The van der Waals surface area contributed by atoms with Crippen LogP contribution in [0.3, 0.4) is 0 Å². The maximum Gasteiger partial charge on any atom is 0.0597 e. The third-order valence-electron chi connectivity index (χ3n) is 13.1. The molecule has 5 aromatic rings. The molecule has 3 heteroatoms. The highest BCUT2D eigenvalue weighted by Gasteiger charge is 2.48. The van der Waals surface area contributed by atoms with E-state index in [0.29, 0.717) is 6.54 Å². The van der Waals surface area contributed by atoms with Crippen LogP contribution in [0.15, 0.2) is 91.1 Å². The summed E-state index contributed by atoms with van der Waals surface area (Å²) in [5.74, 6) is 0. The fourth-order valence-corrected chi connectivity index (χ4v) is 12.1. The summed E-state index contributed by atoms with van der Waals surface area (Å²) in [6, 6.07) is 34.2. The molecular weight excluding hydrogens is 720 g/mol. The van der Waals surface area contributed by atoms with Crippen molar-refractivity contribution in [1.29, 1.82) is 0 Å². The van der Waals surface area contributed by atoms with E-state index in [0.717, 1.165) is 31.4 Å². The van der Waals surface area contributed by atoms with Gasteiger partial charge in [-0.1, -0.05) is 171 Å². The number of anilines is 1. The van der Waals surface area contributed by atoms with Crippen LogP contribution in [-0.2, 0) is 51.9 Å². The maximum atomic E-state index is 4.83. The molecule has 1 aromatic heterocycles. The van der Waals surface area contributed by atoms with Gasteiger partial charge in [0.1, 0.15) is 0 Å². The summed E-state index contributed by atoms with van der Waals surface area (Å²) in [6.07, 6.45) is 6.50. The minimum Gasteiger partial charge on any atom is -0.379 e. The number of fused-ring (bicyclic) bond motifs is 4. The van der Waals surface area contributed by atoms with E-state index in [1.54, 1.807) is 16.4 Å². The van der Waals surface area contributed by atoms with Gasteiger partial charge in [-0.15, -0.1) is 0 Å². The van der Waals surface area contributed by atoms with Crippen LogP contribution in [0.1, 0.15) is 172 Å². The van der Waals surface area contributed by atoms with Gasteiger partial charge in [0, 0.05) is 17.3 Å². The molecule has 0 radical (unpaired) electrons. The quantitative estimate of drug-likeness (QED) is 0.173. The second kappa shape index (κ2) is 14.8. The Morgan fingerprint density at radius 2 is 0.966 bits per heavy atom. The molecule has 0 aliphatic heterocycles. The number of aromatic nitrogens is 1. The largest absolute Gasteiger partial charge is 0.379 e. The molecule has 2 aliphatic carbocycles. The number of hydrogen-bond acceptors (Lipinski definition) is 2. The lowest BCUT2D eigenvalue weighted by Gasteiger charge is -2.35. The molecule has 0 saturated carbocycles. The fraction of sp³-hybridized carbons (Fsp3) is 0.473. The van der Waals surface area contributed by atoms with Crippen molar-refractivity contribution in [3.63, 3.8) is 0 Å². The molecule has 2 nitrogen and oxygen atoms in total. The standard InChI is InChI=1S/C55H71N2P/c1-50(2,3)38-24-27-56-43(30-38)35-57-46-20-16-18-36-22-25-55(48(36)46)26-23-37-19-17-21-47(49(37)55)58(44-31-39(51(4,5)6)28-40(32-44)52(7,8)9)45-33-41(53(10,11)12)29-42(34-45)54(13,14)15/h16-21,24,27-34,57H,22-23,25-26,35H2,1-15H3. The van der Waals surface area contributed by atoms with Crippen molar-refractivity contribution in [3.8, 4) is 0 Å². The lowest BCUT2D eigenvalue weighted by Crippen LogP contribution is -2.33. The molecule has 306 valence electrons. The molecule has 1 unspecified atom stereocenters. The monoisotopic (exact) mass is 791 g/mol. The minimum absolute atomic E-state index is 0.0208. The van der Waals surface area contributed by atoms with Crippen molar-refractivity contribution in [2.24, 2.45) is 0 Å². The topological polar surface area (TPSA) is 24.9 Å². The van der Waals surface area contributed by atoms with Gasteiger partial charge >= 0.3 is 0 Å². The van der Waals surface area contributed by atoms with E-state index < -0.39 is 7.92 Å². The highest BCUT2D eigenvalue weighted by Crippen LogP contribution is 2.56. The van der Waals surface area contributed by atoms with E-state index in [2.05, 4.69) is 194 Å². The summed E-state index contributed by atoms with van der Waals surface area (Å²) in [6.45, 7) is 36.1. The first-order valence-corrected chi connectivity index (χ1v) is 23.3. The first kappa shape index (κ1) is 42.4. The first-order chi connectivity index (χ1) is 26.9. The summed E-state index contributed by atoms with van der Waals surface area (Å²) in [5.41, 5.74) is 15.7. The van der Waals surface area contributed by atoms with Crippen LogP contribution >= 0.6 is 7.92 Å². The van der Waals surface area contributed by atoms with Gasteiger partial charge in [0.05, 0.1) is 12.2 Å². The van der Waals surface area contributed by atoms with Crippen LogP contribution in [-0.4, -0.2) is 4.98 Å². The van der Waals surface area contributed by atoms with E-state index in [1.165, 1.54) is 55.2 Å². The van der Waals surface area contributed by atoms with Crippen LogP contribution in [0.25, 0.3) is 0 Å². The highest BCUT2D eigenvalue weighted by molar-refractivity contribution is 7.80. The minimum atomic E-state index is -0.933. The van der Waals surface area contributed by atoms with Gasteiger partial charge < -0.3 is 5.32 Å². The number of aryl methyl sites for hydroxylation is 2. The molecule has 4 aromatic carbocycles. The Balaban J connectivity index is 1.47. The zero-order chi connectivity index (χ0) is 42.2. The lowest BCUT2D eigenvalue weighted by molar-refractivity contribution is 0.510. The van der Waals surface area contributed by atoms with E-state index in [1.807, 2.05) is 6.20 Å². The second-order valence-electron chi connectivity index (χ2n) is 22.7. The van der Waals surface area contributed by atoms with E-state index in [-0.39, 0.29) is 32.5 Å². The Hall–Kier alpha value is -3.74. The third-order valence-corrected chi connectivity index (χ3v) is 15.5. The number of rotatable bonds is 6. The molecule has 1 spiro atoms. The molecule has 0 amide bonds. The molecule has 0 bridgehead atoms. The molecule has 7 rings (SSSR count). The van der Waals surface area contributed by atoms with Gasteiger partial charge in [-0.2, -0.15) is 0 Å². The first-order valence-electron chi connectivity index (χ1n) is 21.9. The van der Waals surface area contributed by atoms with Crippen molar-refractivity contribution < 1.29 is 0 Å². The maximum absolute atomic E-state index is 4.83. The van der Waals surface area contributed by atoms with Crippen LogP contribution < -0.4 is 21.2 Å². The lowest BCUT2D eigenvalue weighted by atomic mass is 9.76. The van der Waals surface area contributed by atoms with E-state index in [4.69, 9.17) is 4.98 Å². The van der Waals surface area contributed by atoms with Gasteiger partial charge in [0.2, 0.25) is 0 Å². The Bertz CT molecular complexity index is 2180. The molecule has 0 saturated heterocycles. The van der Waals surface area contributed by atoms with Gasteiger partial charge in [-0.3, -0.25) is 4.98 Å². The summed E-state index contributed by atoms with van der Waals surface area (Å²) < 4.78 is 0. The zero-order valence-electron chi connectivity index (χ0n) is 38.6. The van der Waals surface area contributed by atoms with E-state index in [9.17, 15) is 0 Å². The predicted molar refractivity (Wildman–Crippen MR) is 254 cm³/mol.